The second-order valence-corrected chi connectivity index (χ2v) is 9.64. The van der Waals surface area contributed by atoms with E-state index in [0.29, 0.717) is 0 Å². The number of ether oxygens (including phenoxy) is 8. The van der Waals surface area contributed by atoms with E-state index in [2.05, 4.69) is 0 Å². The summed E-state index contributed by atoms with van der Waals surface area (Å²) >= 11 is 0. The van der Waals surface area contributed by atoms with Gasteiger partial charge in [0.1, 0.15) is 31.0 Å². The molecular formula is C27H34O16. The molecule has 2 fully saturated rings. The van der Waals surface area contributed by atoms with Crippen LogP contribution in [0.25, 0.3) is 0 Å². The van der Waals surface area contributed by atoms with Gasteiger partial charge in [0.05, 0.1) is 12.2 Å². The van der Waals surface area contributed by atoms with Crippen LogP contribution in [0.2, 0.25) is 0 Å². The number of aliphatic hydroxyl groups is 3. The molecule has 0 aliphatic carbocycles. The molecular weight excluding hydrogens is 580 g/mol. The summed E-state index contributed by atoms with van der Waals surface area (Å²) in [5.41, 5.74) is 0.0829. The van der Waals surface area contributed by atoms with Gasteiger partial charge >= 0.3 is 29.8 Å². The summed E-state index contributed by atoms with van der Waals surface area (Å²) < 4.78 is 43.5. The fourth-order valence-electron chi connectivity index (χ4n) is 4.56. The van der Waals surface area contributed by atoms with Crippen molar-refractivity contribution in [2.75, 3.05) is 13.2 Å². The number of carbonyl (C=O) groups is 5. The molecule has 0 bridgehead atoms. The molecule has 2 aliphatic heterocycles. The van der Waals surface area contributed by atoms with Gasteiger partial charge in [-0.05, 0) is 12.1 Å². The summed E-state index contributed by atoms with van der Waals surface area (Å²) in [5, 5.41) is 31.4. The van der Waals surface area contributed by atoms with Crippen molar-refractivity contribution < 1.29 is 77.2 Å². The maximum atomic E-state index is 12.9. The third-order valence-electron chi connectivity index (χ3n) is 6.31. The average Bonchev–Trinajstić information content (AvgIpc) is 2.93. The molecule has 10 atom stereocenters. The summed E-state index contributed by atoms with van der Waals surface area (Å²) in [6.07, 6.45) is -16.5. The molecule has 0 spiro atoms. The molecule has 16 nitrogen and oxygen atoms in total. The average molecular weight is 615 g/mol. The van der Waals surface area contributed by atoms with Crippen molar-refractivity contribution in [3.05, 3.63) is 35.9 Å². The van der Waals surface area contributed by atoms with E-state index in [1.807, 2.05) is 0 Å². The number of hydrogen-bond donors (Lipinski definition) is 3. The van der Waals surface area contributed by atoms with Gasteiger partial charge in [-0.3, -0.25) is 19.2 Å². The van der Waals surface area contributed by atoms with Crippen LogP contribution < -0.4 is 0 Å². The molecule has 3 rings (SSSR count). The quantitative estimate of drug-likeness (QED) is 0.207. The SMILES string of the molecule is CC(=O)OCC1OC(OC2C(O)C(CO)OC(O)C2OC(=O)c2ccccc2)C(OC(C)=O)C(OC(C)=O)C1OC(C)=O. The summed E-state index contributed by atoms with van der Waals surface area (Å²) in [7, 11) is 0. The van der Waals surface area contributed by atoms with Crippen molar-refractivity contribution in [3.8, 4) is 0 Å². The maximum Gasteiger partial charge on any atom is 0.338 e. The fraction of sp³-hybridized carbons (Fsp3) is 0.593. The lowest BCUT2D eigenvalue weighted by molar-refractivity contribution is -0.356. The molecule has 0 radical (unpaired) electrons. The highest BCUT2D eigenvalue weighted by Crippen LogP contribution is 2.34. The Morgan fingerprint density at radius 2 is 1.28 bits per heavy atom. The van der Waals surface area contributed by atoms with Crippen molar-refractivity contribution in [1.82, 2.24) is 0 Å². The Labute approximate surface area is 245 Å². The Morgan fingerprint density at radius 1 is 0.698 bits per heavy atom. The lowest BCUT2D eigenvalue weighted by Gasteiger charge is -2.47. The molecule has 1 aromatic carbocycles. The van der Waals surface area contributed by atoms with Crippen LogP contribution in [0.4, 0.5) is 0 Å². The monoisotopic (exact) mass is 614 g/mol. The van der Waals surface area contributed by atoms with Gasteiger partial charge in [-0.2, -0.15) is 0 Å². The molecule has 2 aliphatic rings. The lowest BCUT2D eigenvalue weighted by Crippen LogP contribution is -2.66. The Hall–Kier alpha value is -3.67. The first-order chi connectivity index (χ1) is 20.3. The first-order valence-corrected chi connectivity index (χ1v) is 13.2. The largest absolute Gasteiger partial charge is 0.463 e. The Balaban J connectivity index is 2.03. The zero-order chi connectivity index (χ0) is 31.8. The topological polar surface area (TPSA) is 220 Å². The maximum absolute atomic E-state index is 12.9. The van der Waals surface area contributed by atoms with Crippen LogP contribution >= 0.6 is 0 Å². The van der Waals surface area contributed by atoms with Crippen LogP contribution in [0.3, 0.4) is 0 Å². The first kappa shape index (κ1) is 33.8. The standard InChI is InChI=1S/C27H34O16/c1-12(29)36-11-18-20(37-13(2)30)22(38-14(3)31)24(39-15(4)32)27(41-18)43-21-19(33)17(10-28)40-26(35)23(21)42-25(34)16-8-6-5-7-9-16/h5-9,17-24,26-28,33,35H,10-11H2,1-4H3. The Bertz CT molecular complexity index is 1140. The summed E-state index contributed by atoms with van der Waals surface area (Å²) in [6, 6.07) is 7.64. The molecule has 2 heterocycles. The van der Waals surface area contributed by atoms with Crippen LogP contribution in [0, 0.1) is 0 Å². The second-order valence-electron chi connectivity index (χ2n) is 9.64. The molecule has 2 saturated heterocycles. The molecule has 0 amide bonds. The van der Waals surface area contributed by atoms with Gasteiger partial charge in [0.25, 0.3) is 0 Å². The lowest BCUT2D eigenvalue weighted by atomic mass is 9.96. The smallest absolute Gasteiger partial charge is 0.338 e. The van der Waals surface area contributed by atoms with E-state index in [1.54, 1.807) is 18.2 Å². The normalized spacial score (nSPS) is 32.2. The molecule has 238 valence electrons. The summed E-state index contributed by atoms with van der Waals surface area (Å²) in [6.45, 7) is 2.86. The number of carbonyl (C=O) groups excluding carboxylic acids is 5. The minimum Gasteiger partial charge on any atom is -0.463 e. The van der Waals surface area contributed by atoms with Crippen LogP contribution in [-0.2, 0) is 57.1 Å². The highest BCUT2D eigenvalue weighted by atomic mass is 16.8. The van der Waals surface area contributed by atoms with Crippen molar-refractivity contribution in [2.45, 2.75) is 89.1 Å². The highest BCUT2D eigenvalue weighted by molar-refractivity contribution is 5.89. The van der Waals surface area contributed by atoms with E-state index in [9.17, 15) is 39.3 Å². The van der Waals surface area contributed by atoms with Gasteiger partial charge in [-0.1, -0.05) is 18.2 Å². The van der Waals surface area contributed by atoms with Gasteiger partial charge in [-0.15, -0.1) is 0 Å². The van der Waals surface area contributed by atoms with E-state index in [-0.39, 0.29) is 5.56 Å². The predicted molar refractivity (Wildman–Crippen MR) is 136 cm³/mol. The first-order valence-electron chi connectivity index (χ1n) is 13.2. The number of rotatable bonds is 10. The molecule has 16 heteroatoms. The van der Waals surface area contributed by atoms with E-state index in [4.69, 9.17) is 37.9 Å². The summed E-state index contributed by atoms with van der Waals surface area (Å²) in [4.78, 5) is 60.6. The predicted octanol–water partition coefficient (Wildman–Crippen LogP) is -1.25. The Kier molecular flexibility index (Phi) is 11.9. The van der Waals surface area contributed by atoms with Crippen LogP contribution in [-0.4, -0.2) is 120 Å². The van der Waals surface area contributed by atoms with Gasteiger partial charge in [0.15, 0.2) is 37.0 Å². The summed E-state index contributed by atoms with van der Waals surface area (Å²) in [5.74, 6) is -4.32. The van der Waals surface area contributed by atoms with Crippen molar-refractivity contribution in [3.63, 3.8) is 0 Å². The molecule has 1 aromatic rings. The van der Waals surface area contributed by atoms with Crippen molar-refractivity contribution >= 4 is 29.8 Å². The zero-order valence-corrected chi connectivity index (χ0v) is 23.7. The second kappa shape index (κ2) is 15.2. The van der Waals surface area contributed by atoms with Gasteiger partial charge in [0.2, 0.25) is 0 Å². The van der Waals surface area contributed by atoms with E-state index >= 15 is 0 Å². The minimum absolute atomic E-state index is 0.0829. The third-order valence-corrected chi connectivity index (χ3v) is 6.31. The minimum atomic E-state index is -1.93. The molecule has 3 N–H and O–H groups in total. The number of esters is 5. The molecule has 0 saturated carbocycles. The molecule has 0 aromatic heterocycles. The van der Waals surface area contributed by atoms with Crippen LogP contribution in [0.5, 0.6) is 0 Å². The Morgan fingerprint density at radius 3 is 1.84 bits per heavy atom. The number of aliphatic hydroxyl groups excluding tert-OH is 3. The van der Waals surface area contributed by atoms with Gasteiger partial charge in [-0.25, -0.2) is 4.79 Å². The van der Waals surface area contributed by atoms with E-state index < -0.39 is 104 Å². The fourth-order valence-corrected chi connectivity index (χ4v) is 4.56. The van der Waals surface area contributed by atoms with Crippen LogP contribution in [0.15, 0.2) is 30.3 Å². The molecule has 10 unspecified atom stereocenters. The van der Waals surface area contributed by atoms with Crippen molar-refractivity contribution in [2.24, 2.45) is 0 Å². The van der Waals surface area contributed by atoms with E-state index in [1.165, 1.54) is 12.1 Å². The third kappa shape index (κ3) is 8.92. The van der Waals surface area contributed by atoms with E-state index in [0.717, 1.165) is 27.7 Å². The highest BCUT2D eigenvalue weighted by Gasteiger charge is 2.56. The van der Waals surface area contributed by atoms with Crippen molar-refractivity contribution in [1.29, 1.82) is 0 Å². The van der Waals surface area contributed by atoms with Crippen LogP contribution in [0.1, 0.15) is 38.1 Å². The molecule has 43 heavy (non-hydrogen) atoms. The van der Waals surface area contributed by atoms with Gasteiger partial charge < -0.3 is 53.2 Å². The number of hydrogen-bond acceptors (Lipinski definition) is 16. The van der Waals surface area contributed by atoms with Gasteiger partial charge in [0, 0.05) is 27.7 Å². The zero-order valence-electron chi connectivity index (χ0n) is 23.7. The number of benzene rings is 1.